The molecule has 1 aliphatic carbocycles. The van der Waals surface area contributed by atoms with Crippen molar-refractivity contribution in [3.63, 3.8) is 0 Å². The Kier molecular flexibility index (Phi) is 6.16. The highest BCUT2D eigenvalue weighted by molar-refractivity contribution is 7.26. The van der Waals surface area contributed by atoms with Gasteiger partial charge in [-0.3, -0.25) is 0 Å². The van der Waals surface area contributed by atoms with Crippen molar-refractivity contribution in [2.45, 2.75) is 19.3 Å². The van der Waals surface area contributed by atoms with Crippen LogP contribution in [0.3, 0.4) is 0 Å². The van der Waals surface area contributed by atoms with Crippen molar-refractivity contribution in [1.82, 2.24) is 0 Å². The number of hydrogen-bond acceptors (Lipinski definition) is 2. The van der Waals surface area contributed by atoms with Crippen LogP contribution in [0.15, 0.2) is 164 Å². The standard InChI is InChI=1S/C47H33NS/c1-47(2)41-20-9-7-18-38(41)40-29-36(24-25-42(40)47)48(35-16-11-15-32(27-35)33-23-22-30-12-3-4-13-31(30)26-33)43-28-34-14-5-6-17-37(34)46-45(43)39-19-8-10-21-44(39)49-46/h3-29H,1-2H3. The summed E-state index contributed by atoms with van der Waals surface area (Å²) in [6.45, 7) is 4.71. The van der Waals surface area contributed by atoms with Crippen LogP contribution in [0.1, 0.15) is 25.0 Å². The summed E-state index contributed by atoms with van der Waals surface area (Å²) >= 11 is 1.90. The molecule has 232 valence electrons. The SMILES string of the molecule is CC1(C)c2ccccc2-c2cc(N(c3cccc(-c4ccc5ccccc5c4)c3)c3cc4ccccc4c4sc5ccccc5c34)ccc21. The van der Waals surface area contributed by atoms with Crippen molar-refractivity contribution in [3.8, 4) is 22.3 Å². The summed E-state index contributed by atoms with van der Waals surface area (Å²) in [6.07, 6.45) is 0. The molecule has 10 rings (SSSR count). The number of benzene rings is 8. The Hall–Kier alpha value is -5.70. The van der Waals surface area contributed by atoms with Crippen LogP contribution in [0.4, 0.5) is 17.1 Å². The number of nitrogens with zero attached hydrogens (tertiary/aromatic N) is 1. The minimum absolute atomic E-state index is 0.0505. The average Bonchev–Trinajstić information content (AvgIpc) is 3.65. The fourth-order valence-corrected chi connectivity index (χ4v) is 9.44. The molecule has 49 heavy (non-hydrogen) atoms. The molecule has 0 fully saturated rings. The molecule has 0 spiro atoms. The lowest BCUT2D eigenvalue weighted by atomic mass is 9.82. The summed E-state index contributed by atoms with van der Waals surface area (Å²) in [7, 11) is 0. The molecule has 0 atom stereocenters. The molecule has 0 radical (unpaired) electrons. The molecule has 0 bridgehead atoms. The average molecular weight is 644 g/mol. The van der Waals surface area contributed by atoms with Crippen LogP contribution in [-0.4, -0.2) is 0 Å². The van der Waals surface area contributed by atoms with Gasteiger partial charge in [-0.05, 0) is 97.4 Å². The number of hydrogen-bond donors (Lipinski definition) is 0. The largest absolute Gasteiger partial charge is 0.310 e. The third-order valence-electron chi connectivity index (χ3n) is 10.6. The van der Waals surface area contributed by atoms with E-state index in [4.69, 9.17) is 0 Å². The molecule has 8 aromatic carbocycles. The fraction of sp³-hybridized carbons (Fsp3) is 0.0638. The van der Waals surface area contributed by atoms with Gasteiger partial charge in [0.1, 0.15) is 0 Å². The predicted molar refractivity (Wildman–Crippen MR) is 212 cm³/mol. The number of thiophene rings is 1. The summed E-state index contributed by atoms with van der Waals surface area (Å²) < 4.78 is 2.64. The van der Waals surface area contributed by atoms with E-state index in [-0.39, 0.29) is 5.41 Å². The molecule has 1 nitrogen and oxygen atoms in total. The van der Waals surface area contributed by atoms with E-state index in [9.17, 15) is 0 Å². The van der Waals surface area contributed by atoms with E-state index in [0.717, 1.165) is 11.4 Å². The molecule has 2 heteroatoms. The summed E-state index contributed by atoms with van der Waals surface area (Å²) in [5, 5.41) is 7.66. The molecule has 0 saturated heterocycles. The Balaban J connectivity index is 1.27. The van der Waals surface area contributed by atoms with E-state index in [1.807, 2.05) is 11.3 Å². The van der Waals surface area contributed by atoms with Crippen molar-refractivity contribution in [2.24, 2.45) is 0 Å². The molecule has 0 amide bonds. The highest BCUT2D eigenvalue weighted by Gasteiger charge is 2.35. The van der Waals surface area contributed by atoms with Gasteiger partial charge < -0.3 is 4.90 Å². The molecular formula is C47H33NS. The Morgan fingerprint density at radius 1 is 0.469 bits per heavy atom. The van der Waals surface area contributed by atoms with Crippen LogP contribution in [-0.2, 0) is 5.41 Å². The normalized spacial score (nSPS) is 13.3. The minimum atomic E-state index is -0.0505. The van der Waals surface area contributed by atoms with Gasteiger partial charge in [0.15, 0.2) is 0 Å². The van der Waals surface area contributed by atoms with E-state index < -0.39 is 0 Å². The van der Waals surface area contributed by atoms with Crippen molar-refractivity contribution in [3.05, 3.63) is 175 Å². The topological polar surface area (TPSA) is 3.24 Å². The fourth-order valence-electron chi connectivity index (χ4n) is 8.18. The number of rotatable bonds is 4. The predicted octanol–water partition coefficient (Wildman–Crippen LogP) is 13.8. The van der Waals surface area contributed by atoms with E-state index in [1.54, 1.807) is 0 Å². The third-order valence-corrected chi connectivity index (χ3v) is 11.8. The van der Waals surface area contributed by atoms with Crippen LogP contribution >= 0.6 is 11.3 Å². The van der Waals surface area contributed by atoms with Gasteiger partial charge in [0, 0.05) is 37.0 Å². The summed E-state index contributed by atoms with van der Waals surface area (Å²) in [4.78, 5) is 2.51. The van der Waals surface area contributed by atoms with Gasteiger partial charge >= 0.3 is 0 Å². The maximum absolute atomic E-state index is 2.51. The first-order valence-corrected chi connectivity index (χ1v) is 17.8. The molecule has 0 saturated carbocycles. The quantitative estimate of drug-likeness (QED) is 0.184. The first-order chi connectivity index (χ1) is 24.0. The van der Waals surface area contributed by atoms with Gasteiger partial charge in [-0.15, -0.1) is 11.3 Å². The summed E-state index contributed by atoms with van der Waals surface area (Å²) in [6, 6.07) is 60.7. The van der Waals surface area contributed by atoms with Gasteiger partial charge in [-0.2, -0.15) is 0 Å². The second-order valence-electron chi connectivity index (χ2n) is 13.8. The second kappa shape index (κ2) is 10.7. The minimum Gasteiger partial charge on any atom is -0.310 e. The van der Waals surface area contributed by atoms with Crippen LogP contribution in [0, 0.1) is 0 Å². The monoisotopic (exact) mass is 643 g/mol. The molecule has 1 aromatic heterocycles. The molecule has 1 aliphatic rings. The second-order valence-corrected chi connectivity index (χ2v) is 14.8. The van der Waals surface area contributed by atoms with Crippen LogP contribution in [0.2, 0.25) is 0 Å². The zero-order valence-corrected chi connectivity index (χ0v) is 28.3. The van der Waals surface area contributed by atoms with Crippen molar-refractivity contribution in [2.75, 3.05) is 4.90 Å². The Labute approximate surface area is 290 Å². The van der Waals surface area contributed by atoms with E-state index in [2.05, 4.69) is 183 Å². The number of fused-ring (bicyclic) bond motifs is 9. The number of anilines is 3. The Bertz CT molecular complexity index is 2770. The summed E-state index contributed by atoms with van der Waals surface area (Å²) in [5.41, 5.74) is 11.3. The molecular weight excluding hydrogens is 611 g/mol. The maximum atomic E-state index is 2.51. The van der Waals surface area contributed by atoms with E-state index in [0.29, 0.717) is 0 Å². The lowest BCUT2D eigenvalue weighted by Gasteiger charge is -2.29. The summed E-state index contributed by atoms with van der Waals surface area (Å²) in [5.74, 6) is 0. The smallest absolute Gasteiger partial charge is 0.0561 e. The molecule has 0 N–H and O–H groups in total. The van der Waals surface area contributed by atoms with Gasteiger partial charge in [0.2, 0.25) is 0 Å². The zero-order valence-electron chi connectivity index (χ0n) is 27.4. The van der Waals surface area contributed by atoms with Crippen LogP contribution < -0.4 is 4.90 Å². The lowest BCUT2D eigenvalue weighted by molar-refractivity contribution is 0.660. The zero-order chi connectivity index (χ0) is 32.7. The van der Waals surface area contributed by atoms with Crippen molar-refractivity contribution < 1.29 is 0 Å². The highest BCUT2D eigenvalue weighted by atomic mass is 32.1. The van der Waals surface area contributed by atoms with Crippen molar-refractivity contribution >= 4 is 70.1 Å². The van der Waals surface area contributed by atoms with Gasteiger partial charge in [0.25, 0.3) is 0 Å². The first-order valence-electron chi connectivity index (χ1n) is 17.0. The van der Waals surface area contributed by atoms with E-state index >= 15 is 0 Å². The third kappa shape index (κ3) is 4.31. The molecule has 0 unspecified atom stereocenters. The van der Waals surface area contributed by atoms with Crippen LogP contribution in [0.25, 0.3) is 64.0 Å². The highest BCUT2D eigenvalue weighted by Crippen LogP contribution is 2.52. The first kappa shape index (κ1) is 28.3. The maximum Gasteiger partial charge on any atom is 0.0561 e. The molecule has 1 heterocycles. The molecule has 9 aromatic rings. The van der Waals surface area contributed by atoms with Gasteiger partial charge in [-0.1, -0.05) is 135 Å². The van der Waals surface area contributed by atoms with Crippen molar-refractivity contribution in [1.29, 1.82) is 0 Å². The van der Waals surface area contributed by atoms with Gasteiger partial charge in [0.05, 0.1) is 5.69 Å². The van der Waals surface area contributed by atoms with Gasteiger partial charge in [-0.25, -0.2) is 0 Å². The van der Waals surface area contributed by atoms with Crippen LogP contribution in [0.5, 0.6) is 0 Å². The Morgan fingerprint density at radius 2 is 1.16 bits per heavy atom. The molecule has 0 aliphatic heterocycles. The van der Waals surface area contributed by atoms with E-state index in [1.165, 1.54) is 80.8 Å². The Morgan fingerprint density at radius 3 is 2.06 bits per heavy atom. The lowest BCUT2D eigenvalue weighted by Crippen LogP contribution is -2.15.